The Kier molecular flexibility index (Phi) is 6.68. The van der Waals surface area contributed by atoms with E-state index >= 15 is 0 Å². The molecule has 0 aliphatic heterocycles. The van der Waals surface area contributed by atoms with Crippen LogP contribution >= 0.6 is 0 Å². The van der Waals surface area contributed by atoms with Crippen molar-refractivity contribution in [2.45, 2.75) is 12.8 Å². The second-order valence-corrected chi connectivity index (χ2v) is 5.55. The van der Waals surface area contributed by atoms with Crippen LogP contribution in [0.1, 0.15) is 12.0 Å². The molecule has 0 amide bonds. The second-order valence-electron chi connectivity index (χ2n) is 5.55. The zero-order valence-corrected chi connectivity index (χ0v) is 13.6. The molecule has 2 rings (SSSR count). The zero-order valence-electron chi connectivity index (χ0n) is 13.6. The van der Waals surface area contributed by atoms with E-state index in [0.717, 1.165) is 31.5 Å². The molecule has 2 aromatic rings. The van der Waals surface area contributed by atoms with Crippen LogP contribution in [0.5, 0.6) is 0 Å². The fraction of sp³-hybridized carbons (Fsp3) is 0.438. The molecular formula is C16H23FN6. The molecule has 0 aliphatic rings. The number of hydrogen-bond acceptors (Lipinski definition) is 6. The van der Waals surface area contributed by atoms with Crippen LogP contribution < -0.4 is 10.6 Å². The molecule has 0 saturated heterocycles. The fourth-order valence-corrected chi connectivity index (χ4v) is 2.05. The number of halogens is 1. The minimum Gasteiger partial charge on any atom is -0.369 e. The predicted molar refractivity (Wildman–Crippen MR) is 90.1 cm³/mol. The highest BCUT2D eigenvalue weighted by atomic mass is 19.1. The third kappa shape index (κ3) is 6.56. The highest BCUT2D eigenvalue weighted by Crippen LogP contribution is 2.06. The van der Waals surface area contributed by atoms with E-state index in [-0.39, 0.29) is 5.82 Å². The topological polar surface area (TPSA) is 66.0 Å². The van der Waals surface area contributed by atoms with Gasteiger partial charge in [-0.15, -0.1) is 5.10 Å². The Bertz CT molecular complexity index is 587. The van der Waals surface area contributed by atoms with Crippen molar-refractivity contribution in [1.82, 2.24) is 20.1 Å². The first-order chi connectivity index (χ1) is 11.1. The maximum absolute atomic E-state index is 12.8. The summed E-state index contributed by atoms with van der Waals surface area (Å²) in [4.78, 5) is 6.51. The SMILES string of the molecule is CN(C)CCCNc1cnnc(NCCc2ccc(F)cc2)n1. The average Bonchev–Trinajstić information content (AvgIpc) is 2.54. The van der Waals surface area contributed by atoms with Gasteiger partial charge in [-0.2, -0.15) is 10.1 Å². The number of rotatable bonds is 9. The molecule has 1 heterocycles. The van der Waals surface area contributed by atoms with Crippen molar-refractivity contribution in [3.05, 3.63) is 41.8 Å². The van der Waals surface area contributed by atoms with Gasteiger partial charge in [0.25, 0.3) is 0 Å². The molecule has 0 unspecified atom stereocenters. The Balaban J connectivity index is 1.74. The molecule has 6 nitrogen and oxygen atoms in total. The van der Waals surface area contributed by atoms with E-state index in [1.165, 1.54) is 12.1 Å². The Morgan fingerprint density at radius 2 is 1.87 bits per heavy atom. The summed E-state index contributed by atoms with van der Waals surface area (Å²) < 4.78 is 12.8. The fourth-order valence-electron chi connectivity index (χ4n) is 2.05. The molecule has 0 spiro atoms. The van der Waals surface area contributed by atoms with Gasteiger partial charge in [0, 0.05) is 13.1 Å². The average molecular weight is 318 g/mol. The number of hydrogen-bond donors (Lipinski definition) is 2. The smallest absolute Gasteiger partial charge is 0.244 e. The van der Waals surface area contributed by atoms with Crippen LogP contribution in [0.15, 0.2) is 30.5 Å². The summed E-state index contributed by atoms with van der Waals surface area (Å²) in [6, 6.07) is 6.48. The molecule has 0 atom stereocenters. The van der Waals surface area contributed by atoms with E-state index < -0.39 is 0 Å². The number of benzene rings is 1. The highest BCUT2D eigenvalue weighted by Gasteiger charge is 2.01. The molecule has 23 heavy (non-hydrogen) atoms. The molecule has 7 heteroatoms. The maximum Gasteiger partial charge on any atom is 0.244 e. The van der Waals surface area contributed by atoms with Crippen molar-refractivity contribution in [2.24, 2.45) is 0 Å². The minimum atomic E-state index is -0.220. The molecule has 0 saturated carbocycles. The minimum absolute atomic E-state index is 0.220. The van der Waals surface area contributed by atoms with Crippen LogP contribution in [0.3, 0.4) is 0 Å². The van der Waals surface area contributed by atoms with Crippen molar-refractivity contribution >= 4 is 11.8 Å². The van der Waals surface area contributed by atoms with Gasteiger partial charge in [0.15, 0.2) is 5.82 Å². The van der Waals surface area contributed by atoms with Gasteiger partial charge in [-0.1, -0.05) is 12.1 Å². The van der Waals surface area contributed by atoms with Crippen molar-refractivity contribution in [1.29, 1.82) is 0 Å². The lowest BCUT2D eigenvalue weighted by molar-refractivity contribution is 0.405. The number of anilines is 2. The molecule has 1 aromatic heterocycles. The summed E-state index contributed by atoms with van der Waals surface area (Å²) in [5.41, 5.74) is 1.06. The lowest BCUT2D eigenvalue weighted by Gasteiger charge is -2.10. The van der Waals surface area contributed by atoms with E-state index in [0.29, 0.717) is 18.3 Å². The monoisotopic (exact) mass is 318 g/mol. The second kappa shape index (κ2) is 8.99. The van der Waals surface area contributed by atoms with E-state index in [2.05, 4.69) is 44.8 Å². The number of nitrogens with one attached hydrogen (secondary N) is 2. The third-order valence-electron chi connectivity index (χ3n) is 3.26. The molecule has 0 fully saturated rings. The van der Waals surface area contributed by atoms with Crippen LogP contribution in [-0.4, -0.2) is 53.8 Å². The maximum atomic E-state index is 12.8. The Morgan fingerprint density at radius 3 is 2.61 bits per heavy atom. The lowest BCUT2D eigenvalue weighted by atomic mass is 10.1. The van der Waals surface area contributed by atoms with E-state index in [1.54, 1.807) is 18.3 Å². The van der Waals surface area contributed by atoms with Crippen molar-refractivity contribution < 1.29 is 4.39 Å². The highest BCUT2D eigenvalue weighted by molar-refractivity contribution is 5.36. The van der Waals surface area contributed by atoms with Gasteiger partial charge < -0.3 is 15.5 Å². The number of aromatic nitrogens is 3. The summed E-state index contributed by atoms with van der Waals surface area (Å²) in [6.45, 7) is 2.53. The molecule has 2 N–H and O–H groups in total. The summed E-state index contributed by atoms with van der Waals surface area (Å²) in [7, 11) is 4.10. The van der Waals surface area contributed by atoms with Gasteiger partial charge in [0.1, 0.15) is 5.82 Å². The van der Waals surface area contributed by atoms with Gasteiger partial charge in [0.2, 0.25) is 5.95 Å². The third-order valence-corrected chi connectivity index (χ3v) is 3.26. The van der Waals surface area contributed by atoms with Crippen molar-refractivity contribution in [3.63, 3.8) is 0 Å². The van der Waals surface area contributed by atoms with Crippen molar-refractivity contribution in [2.75, 3.05) is 44.4 Å². The standard InChI is InChI=1S/C16H23FN6/c1-23(2)11-3-9-18-15-12-20-22-16(21-15)19-10-8-13-4-6-14(17)7-5-13/h4-7,12H,3,8-11H2,1-2H3,(H2,18,19,21,22). The van der Waals surface area contributed by atoms with Crippen molar-refractivity contribution in [3.8, 4) is 0 Å². The van der Waals surface area contributed by atoms with E-state index in [9.17, 15) is 4.39 Å². The van der Waals surface area contributed by atoms with E-state index in [4.69, 9.17) is 0 Å². The normalized spacial score (nSPS) is 10.8. The molecule has 124 valence electrons. The zero-order chi connectivity index (χ0) is 16.5. The first-order valence-corrected chi connectivity index (χ1v) is 7.70. The van der Waals surface area contributed by atoms with E-state index in [1.807, 2.05) is 0 Å². The predicted octanol–water partition coefficient (Wildman–Crippen LogP) is 2.03. The molecule has 0 aliphatic carbocycles. The van der Waals surface area contributed by atoms with Crippen LogP contribution in [0, 0.1) is 5.82 Å². The Morgan fingerprint density at radius 1 is 1.09 bits per heavy atom. The van der Waals surface area contributed by atoms with Crippen LogP contribution in [0.4, 0.5) is 16.2 Å². The first-order valence-electron chi connectivity index (χ1n) is 7.70. The van der Waals surface area contributed by atoms with Gasteiger partial charge in [-0.05, 0) is 51.2 Å². The van der Waals surface area contributed by atoms with Gasteiger partial charge in [-0.3, -0.25) is 0 Å². The molecule has 0 radical (unpaired) electrons. The molecule has 1 aromatic carbocycles. The van der Waals surface area contributed by atoms with Gasteiger partial charge in [-0.25, -0.2) is 4.39 Å². The summed E-state index contributed by atoms with van der Waals surface area (Å²) in [6.07, 6.45) is 3.41. The molecule has 0 bridgehead atoms. The lowest BCUT2D eigenvalue weighted by Crippen LogP contribution is -2.17. The first kappa shape index (κ1) is 17.1. The summed E-state index contributed by atoms with van der Waals surface area (Å²) in [5, 5.41) is 14.3. The summed E-state index contributed by atoms with van der Waals surface area (Å²) >= 11 is 0. The van der Waals surface area contributed by atoms with Crippen LogP contribution in [0.2, 0.25) is 0 Å². The Hall–Kier alpha value is -2.28. The molecular weight excluding hydrogens is 295 g/mol. The number of nitrogens with zero attached hydrogens (tertiary/aromatic N) is 4. The van der Waals surface area contributed by atoms with Gasteiger partial charge >= 0.3 is 0 Å². The van der Waals surface area contributed by atoms with Crippen LogP contribution in [-0.2, 0) is 6.42 Å². The summed E-state index contributed by atoms with van der Waals surface area (Å²) in [5.74, 6) is 0.982. The Labute approximate surface area is 136 Å². The van der Waals surface area contributed by atoms with Crippen LogP contribution in [0.25, 0.3) is 0 Å². The quantitative estimate of drug-likeness (QED) is 0.690. The largest absolute Gasteiger partial charge is 0.369 e. The van der Waals surface area contributed by atoms with Gasteiger partial charge in [0.05, 0.1) is 6.20 Å².